The van der Waals surface area contributed by atoms with Gasteiger partial charge < -0.3 is 0 Å². The molecule has 17 rings (SSSR count). The molecule has 9 aromatic rings. The summed E-state index contributed by atoms with van der Waals surface area (Å²) in [6, 6.07) is 52.7. The fourth-order valence-corrected chi connectivity index (χ4v) is 17.8. The first kappa shape index (κ1) is 34.6. The summed E-state index contributed by atoms with van der Waals surface area (Å²) < 4.78 is 2.80. The van der Waals surface area contributed by atoms with Crippen molar-refractivity contribution in [3.63, 3.8) is 0 Å². The van der Waals surface area contributed by atoms with E-state index >= 15 is 0 Å². The Kier molecular flexibility index (Phi) is 7.26. The van der Waals surface area contributed by atoms with Gasteiger partial charge in [0.1, 0.15) is 0 Å². The van der Waals surface area contributed by atoms with Gasteiger partial charge in [-0.1, -0.05) is 127 Å². The van der Waals surface area contributed by atoms with Crippen molar-refractivity contribution < 1.29 is 0 Å². The molecule has 0 spiro atoms. The van der Waals surface area contributed by atoms with Gasteiger partial charge in [0.2, 0.25) is 0 Å². The van der Waals surface area contributed by atoms with E-state index in [1.165, 1.54) is 150 Å². The highest BCUT2D eigenvalue weighted by Crippen LogP contribution is 2.63. The van der Waals surface area contributed by atoms with Gasteiger partial charge in [-0.15, -0.1) is 11.3 Å². The van der Waals surface area contributed by atoms with Gasteiger partial charge in [0.15, 0.2) is 0 Å². The van der Waals surface area contributed by atoms with Crippen LogP contribution in [-0.2, 0) is 0 Å². The van der Waals surface area contributed by atoms with E-state index in [2.05, 4.69) is 133 Å². The molecule has 1 heteroatoms. The first-order chi connectivity index (χ1) is 30.2. The average Bonchev–Trinajstić information content (AvgIpc) is 3.66. The van der Waals surface area contributed by atoms with Gasteiger partial charge in [-0.05, 0) is 200 Å². The minimum Gasteiger partial charge on any atom is -0.135 e. The second kappa shape index (κ2) is 12.8. The molecule has 8 aliphatic rings. The Morgan fingerprint density at radius 3 is 1.16 bits per heavy atom. The van der Waals surface area contributed by atoms with Crippen molar-refractivity contribution in [2.24, 2.45) is 47.3 Å². The summed E-state index contributed by atoms with van der Waals surface area (Å²) in [6.07, 6.45) is 14.6. The molecule has 8 bridgehead atoms. The largest absolute Gasteiger partial charge is 0.135 e. The Morgan fingerprint density at radius 2 is 0.721 bits per heavy atom. The maximum atomic E-state index is 2.55. The average molecular weight is 805 g/mol. The lowest BCUT2D eigenvalue weighted by atomic mass is 9.50. The summed E-state index contributed by atoms with van der Waals surface area (Å²) >= 11 is 2.01. The number of rotatable bonds is 4. The molecule has 0 N–H and O–H groups in total. The minimum absolute atomic E-state index is 0.685. The molecule has 0 radical (unpaired) electrons. The molecule has 0 amide bonds. The fourth-order valence-electron chi connectivity index (χ4n) is 16.6. The van der Waals surface area contributed by atoms with Crippen molar-refractivity contribution in [3.05, 3.63) is 145 Å². The van der Waals surface area contributed by atoms with Crippen LogP contribution in [0.2, 0.25) is 0 Å². The van der Waals surface area contributed by atoms with E-state index in [1.54, 1.807) is 11.1 Å². The number of hydrogen-bond donors (Lipinski definition) is 0. The predicted molar refractivity (Wildman–Crippen MR) is 260 cm³/mol. The first-order valence-electron chi connectivity index (χ1n) is 24.0. The molecular formula is C60H52S. The third kappa shape index (κ3) is 4.88. The van der Waals surface area contributed by atoms with Crippen molar-refractivity contribution in [1.82, 2.24) is 0 Å². The van der Waals surface area contributed by atoms with Crippen LogP contribution in [0, 0.1) is 47.3 Å². The fraction of sp³-hybridized carbons (Fsp3) is 0.333. The second-order valence-corrected chi connectivity index (χ2v) is 22.2. The SMILES string of the molecule is c1ccc2c(C3C4CC5CC(C4)CC3C5)c3ccccc3c(-c3ccc4c(c3)sc3c(-c5c6ccccc6c(C6C7CC8CC(C7)CC6C8)c6ccccc56)cccc34)c2c1. The molecule has 8 saturated carbocycles. The van der Waals surface area contributed by atoms with Crippen molar-refractivity contribution in [3.8, 4) is 22.3 Å². The molecule has 298 valence electrons. The topological polar surface area (TPSA) is 0 Å². The zero-order valence-electron chi connectivity index (χ0n) is 35.0. The van der Waals surface area contributed by atoms with Crippen LogP contribution < -0.4 is 0 Å². The number of fused-ring (bicyclic) bond motifs is 7. The summed E-state index contributed by atoms with van der Waals surface area (Å²) in [7, 11) is 0. The normalized spacial score (nSPS) is 30.0. The molecule has 0 aliphatic heterocycles. The highest BCUT2D eigenvalue weighted by molar-refractivity contribution is 7.26. The quantitative estimate of drug-likeness (QED) is 0.155. The lowest BCUT2D eigenvalue weighted by molar-refractivity contribution is -0.00191. The van der Waals surface area contributed by atoms with Gasteiger partial charge in [-0.3, -0.25) is 0 Å². The molecule has 0 saturated heterocycles. The van der Waals surface area contributed by atoms with Crippen molar-refractivity contribution >= 4 is 74.6 Å². The van der Waals surface area contributed by atoms with Gasteiger partial charge >= 0.3 is 0 Å². The lowest BCUT2D eigenvalue weighted by Gasteiger charge is -2.55. The minimum atomic E-state index is 0.685. The van der Waals surface area contributed by atoms with Crippen LogP contribution in [0.4, 0.5) is 0 Å². The van der Waals surface area contributed by atoms with E-state index in [1.807, 2.05) is 11.3 Å². The zero-order valence-corrected chi connectivity index (χ0v) is 35.8. The summed E-state index contributed by atoms with van der Waals surface area (Å²) in [5.74, 6) is 8.67. The van der Waals surface area contributed by atoms with E-state index in [0.29, 0.717) is 11.8 Å². The standard InChI is InChI=1S/C60H52S/c1-5-14-47-43(10-1)56(44-11-2-6-15-48(44)58(47)54-38-24-33-22-34(26-38)27-39(54)25-33)37-20-21-42-51-18-9-19-52(60(51)61-53(42)32-37)57-45-12-3-7-16-49(45)59(50-17-8-4-13-46(50)57)55-40-28-35-23-36(30-40)31-41(55)29-35/h1-21,32-36,38-41,54-55H,22-31H2. The van der Waals surface area contributed by atoms with Crippen molar-refractivity contribution in [2.75, 3.05) is 0 Å². The first-order valence-corrected chi connectivity index (χ1v) is 24.8. The Bertz CT molecular complexity index is 3140. The third-order valence-corrected chi connectivity index (χ3v) is 19.3. The van der Waals surface area contributed by atoms with E-state index < -0.39 is 0 Å². The van der Waals surface area contributed by atoms with E-state index in [9.17, 15) is 0 Å². The number of thiophene rings is 1. The van der Waals surface area contributed by atoms with Crippen LogP contribution in [-0.4, -0.2) is 0 Å². The maximum Gasteiger partial charge on any atom is 0.0434 e. The highest BCUT2D eigenvalue weighted by Gasteiger charge is 2.51. The predicted octanol–water partition coefficient (Wildman–Crippen LogP) is 17.1. The van der Waals surface area contributed by atoms with Gasteiger partial charge in [0.05, 0.1) is 0 Å². The number of hydrogen-bond acceptors (Lipinski definition) is 1. The van der Waals surface area contributed by atoms with Crippen LogP contribution >= 0.6 is 11.3 Å². The van der Waals surface area contributed by atoms with Crippen LogP contribution in [0.25, 0.3) is 85.5 Å². The monoisotopic (exact) mass is 804 g/mol. The Hall–Kier alpha value is -4.98. The molecule has 61 heavy (non-hydrogen) atoms. The molecule has 1 aromatic heterocycles. The van der Waals surface area contributed by atoms with E-state index in [4.69, 9.17) is 0 Å². The van der Waals surface area contributed by atoms with Crippen LogP contribution in [0.3, 0.4) is 0 Å². The zero-order chi connectivity index (χ0) is 39.5. The summed E-state index contributed by atoms with van der Waals surface area (Å²) in [6.45, 7) is 0. The Labute approximate surface area is 363 Å². The van der Waals surface area contributed by atoms with Crippen molar-refractivity contribution in [1.29, 1.82) is 0 Å². The second-order valence-electron chi connectivity index (χ2n) is 21.2. The molecule has 8 fully saturated rings. The molecule has 1 heterocycles. The maximum absolute atomic E-state index is 2.55. The Balaban J connectivity index is 0.923. The molecular weight excluding hydrogens is 753 g/mol. The molecule has 0 nitrogen and oxygen atoms in total. The molecule has 8 aliphatic carbocycles. The van der Waals surface area contributed by atoms with Crippen LogP contribution in [0.5, 0.6) is 0 Å². The van der Waals surface area contributed by atoms with Gasteiger partial charge in [0.25, 0.3) is 0 Å². The summed E-state index contributed by atoms with van der Waals surface area (Å²) in [5.41, 5.74) is 8.92. The summed E-state index contributed by atoms with van der Waals surface area (Å²) in [5, 5.41) is 14.5. The molecule has 0 atom stereocenters. The Morgan fingerprint density at radius 1 is 0.328 bits per heavy atom. The smallest absolute Gasteiger partial charge is 0.0434 e. The summed E-state index contributed by atoms with van der Waals surface area (Å²) in [4.78, 5) is 0. The molecule has 8 aromatic carbocycles. The van der Waals surface area contributed by atoms with E-state index in [0.717, 1.165) is 47.3 Å². The lowest BCUT2D eigenvalue weighted by Crippen LogP contribution is -2.43. The highest BCUT2D eigenvalue weighted by atomic mass is 32.1. The number of benzene rings is 8. The third-order valence-electron chi connectivity index (χ3n) is 18.1. The van der Waals surface area contributed by atoms with Gasteiger partial charge in [-0.25, -0.2) is 0 Å². The van der Waals surface area contributed by atoms with E-state index in [-0.39, 0.29) is 0 Å². The van der Waals surface area contributed by atoms with Crippen molar-refractivity contribution in [2.45, 2.75) is 76.0 Å². The van der Waals surface area contributed by atoms with Crippen LogP contribution in [0.1, 0.15) is 87.2 Å². The van der Waals surface area contributed by atoms with Crippen LogP contribution in [0.15, 0.2) is 133 Å². The van der Waals surface area contributed by atoms with Gasteiger partial charge in [0, 0.05) is 25.7 Å². The van der Waals surface area contributed by atoms with Gasteiger partial charge in [-0.2, -0.15) is 0 Å². The molecule has 0 unspecified atom stereocenters.